The molecular formula is C32H37FN4O3S. The molecule has 4 aromatic rings. The number of carbonyl (C=O) groups excluding carboxylic acids is 1. The second kappa shape index (κ2) is 12.8. The number of nitrogens with one attached hydrogen (secondary N) is 1. The normalized spacial score (nSPS) is 15.4. The van der Waals surface area contributed by atoms with Crippen LogP contribution in [0.5, 0.6) is 0 Å². The van der Waals surface area contributed by atoms with E-state index in [2.05, 4.69) is 9.71 Å². The molecule has 5 rings (SSSR count). The van der Waals surface area contributed by atoms with Crippen LogP contribution in [-0.2, 0) is 34.8 Å². The van der Waals surface area contributed by atoms with Crippen molar-refractivity contribution >= 4 is 21.6 Å². The SMILES string of the molecule is C.C[C@H](CC(=O)N(Cc1nccn1C)c1ccc2c(c1)[C@H](NS(=O)(=O)c1ccccc1F)CCC2)c1ccccc1. The van der Waals surface area contributed by atoms with Crippen molar-refractivity contribution in [1.29, 1.82) is 0 Å². The van der Waals surface area contributed by atoms with E-state index >= 15 is 0 Å². The quantitative estimate of drug-likeness (QED) is 0.254. The van der Waals surface area contributed by atoms with Gasteiger partial charge in [0.25, 0.3) is 0 Å². The predicted octanol–water partition coefficient (Wildman–Crippen LogP) is 6.28. The summed E-state index contributed by atoms with van der Waals surface area (Å²) in [5.41, 5.74) is 3.57. The summed E-state index contributed by atoms with van der Waals surface area (Å²) in [6.45, 7) is 2.31. The fourth-order valence-corrected chi connectivity index (χ4v) is 6.60. The number of fused-ring (bicyclic) bond motifs is 1. The number of aryl methyl sites for hydroxylation is 2. The number of carbonyl (C=O) groups is 1. The highest BCUT2D eigenvalue weighted by molar-refractivity contribution is 7.89. The van der Waals surface area contributed by atoms with E-state index in [0.717, 1.165) is 41.4 Å². The van der Waals surface area contributed by atoms with Crippen LogP contribution in [0.25, 0.3) is 0 Å². The fourth-order valence-electron chi connectivity index (χ4n) is 5.28. The van der Waals surface area contributed by atoms with Gasteiger partial charge in [0.2, 0.25) is 15.9 Å². The monoisotopic (exact) mass is 576 g/mol. The number of halogens is 1. The third kappa shape index (κ3) is 6.74. The predicted molar refractivity (Wildman–Crippen MR) is 159 cm³/mol. The molecule has 1 N–H and O–H groups in total. The van der Waals surface area contributed by atoms with Crippen molar-refractivity contribution in [2.45, 2.75) is 63.4 Å². The molecule has 1 heterocycles. The number of anilines is 1. The lowest BCUT2D eigenvalue weighted by Crippen LogP contribution is -2.34. The first-order chi connectivity index (χ1) is 19.2. The molecule has 0 saturated carbocycles. The van der Waals surface area contributed by atoms with Crippen molar-refractivity contribution in [3.05, 3.63) is 114 Å². The molecule has 1 aliphatic carbocycles. The van der Waals surface area contributed by atoms with Crippen molar-refractivity contribution in [3.8, 4) is 0 Å². The Hall–Kier alpha value is -3.82. The van der Waals surface area contributed by atoms with E-state index in [1.165, 1.54) is 18.2 Å². The number of aromatic nitrogens is 2. The van der Waals surface area contributed by atoms with Crippen molar-refractivity contribution in [1.82, 2.24) is 14.3 Å². The van der Waals surface area contributed by atoms with E-state index < -0.39 is 21.9 Å². The maximum atomic E-state index is 14.4. The third-order valence-corrected chi connectivity index (χ3v) is 9.05. The Bertz CT molecular complexity index is 1600. The minimum absolute atomic E-state index is 0. The number of amides is 1. The Balaban J connectivity index is 0.00000387. The average Bonchev–Trinajstić information content (AvgIpc) is 3.36. The molecule has 3 aromatic carbocycles. The number of hydrogen-bond acceptors (Lipinski definition) is 4. The summed E-state index contributed by atoms with van der Waals surface area (Å²) < 4.78 is 45.2. The van der Waals surface area contributed by atoms with Gasteiger partial charge in [-0.25, -0.2) is 22.5 Å². The van der Waals surface area contributed by atoms with Crippen molar-refractivity contribution in [3.63, 3.8) is 0 Å². The van der Waals surface area contributed by atoms with Crippen LogP contribution in [0.3, 0.4) is 0 Å². The van der Waals surface area contributed by atoms with Gasteiger partial charge in [-0.3, -0.25) is 4.79 Å². The smallest absolute Gasteiger partial charge is 0.244 e. The van der Waals surface area contributed by atoms with Crippen LogP contribution in [0, 0.1) is 5.82 Å². The Morgan fingerprint density at radius 1 is 1.12 bits per heavy atom. The molecule has 0 saturated heterocycles. The molecule has 7 nitrogen and oxygen atoms in total. The number of imidazole rings is 1. The number of sulfonamides is 1. The van der Waals surface area contributed by atoms with E-state index in [4.69, 9.17) is 0 Å². The van der Waals surface area contributed by atoms with Crippen molar-refractivity contribution in [2.24, 2.45) is 7.05 Å². The minimum atomic E-state index is -4.09. The molecule has 0 spiro atoms. The van der Waals surface area contributed by atoms with Gasteiger partial charge in [-0.1, -0.05) is 62.9 Å². The van der Waals surface area contributed by atoms with Crippen LogP contribution < -0.4 is 9.62 Å². The Kier molecular flexibility index (Phi) is 9.40. The fraction of sp³-hybridized carbons (Fsp3) is 0.312. The zero-order chi connectivity index (χ0) is 28.3. The number of nitrogens with zero attached hydrogens (tertiary/aromatic N) is 3. The average molecular weight is 577 g/mol. The molecule has 0 bridgehead atoms. The lowest BCUT2D eigenvalue weighted by Gasteiger charge is -2.30. The van der Waals surface area contributed by atoms with E-state index in [-0.39, 0.29) is 30.7 Å². The molecule has 1 aromatic heterocycles. The number of hydrogen-bond donors (Lipinski definition) is 1. The van der Waals surface area contributed by atoms with Gasteiger partial charge in [0.1, 0.15) is 16.5 Å². The molecule has 41 heavy (non-hydrogen) atoms. The lowest BCUT2D eigenvalue weighted by atomic mass is 9.87. The van der Waals surface area contributed by atoms with E-state index in [0.29, 0.717) is 18.5 Å². The van der Waals surface area contributed by atoms with Gasteiger partial charge in [0, 0.05) is 37.6 Å². The van der Waals surface area contributed by atoms with Crippen LogP contribution in [-0.4, -0.2) is 23.9 Å². The second-order valence-electron chi connectivity index (χ2n) is 10.3. The summed E-state index contributed by atoms with van der Waals surface area (Å²) >= 11 is 0. The second-order valence-corrected chi connectivity index (χ2v) is 12.0. The summed E-state index contributed by atoms with van der Waals surface area (Å²) in [5, 5.41) is 0. The number of benzene rings is 3. The van der Waals surface area contributed by atoms with Gasteiger partial charge in [-0.2, -0.15) is 0 Å². The van der Waals surface area contributed by atoms with Crippen LogP contribution in [0.4, 0.5) is 10.1 Å². The van der Waals surface area contributed by atoms with Gasteiger partial charge >= 0.3 is 0 Å². The van der Waals surface area contributed by atoms with Crippen LogP contribution >= 0.6 is 0 Å². The van der Waals surface area contributed by atoms with Gasteiger partial charge < -0.3 is 9.47 Å². The Morgan fingerprint density at radius 2 is 1.85 bits per heavy atom. The number of rotatable bonds is 9. The molecule has 1 aliphatic rings. The largest absolute Gasteiger partial charge is 0.337 e. The molecular weight excluding hydrogens is 539 g/mol. The Morgan fingerprint density at radius 3 is 2.56 bits per heavy atom. The molecule has 0 radical (unpaired) electrons. The highest BCUT2D eigenvalue weighted by Gasteiger charge is 2.29. The topological polar surface area (TPSA) is 84.3 Å². The van der Waals surface area contributed by atoms with Gasteiger partial charge in [0.15, 0.2) is 0 Å². The van der Waals surface area contributed by atoms with Crippen molar-refractivity contribution < 1.29 is 17.6 Å². The summed E-state index contributed by atoms with van der Waals surface area (Å²) in [6.07, 6.45) is 6.00. The van der Waals surface area contributed by atoms with E-state index in [1.54, 1.807) is 11.1 Å². The summed E-state index contributed by atoms with van der Waals surface area (Å²) in [6, 6.07) is 20.5. The molecule has 0 fully saturated rings. The standard InChI is InChI=1S/C31H33FN4O3S.CH4/c1-22(23-9-4-3-5-10-23)19-31(37)36(21-30-33-17-18-35(30)2)25-16-15-24-11-8-13-28(26(24)20-25)34-40(38,39)29-14-7-6-12-27(29)32;/h3-7,9-10,12,14-18,20,22,28,34H,8,11,13,19,21H2,1-2H3;1H4/t22-,28-;/m1./s1. The van der Waals surface area contributed by atoms with Crippen molar-refractivity contribution in [2.75, 3.05) is 4.90 Å². The molecule has 0 unspecified atom stereocenters. The minimum Gasteiger partial charge on any atom is -0.337 e. The maximum absolute atomic E-state index is 14.4. The highest BCUT2D eigenvalue weighted by Crippen LogP contribution is 2.35. The highest BCUT2D eigenvalue weighted by atomic mass is 32.2. The van der Waals surface area contributed by atoms with Gasteiger partial charge in [0.05, 0.1) is 6.54 Å². The van der Waals surface area contributed by atoms with Crippen LogP contribution in [0.15, 0.2) is 90.1 Å². The van der Waals surface area contributed by atoms with E-state index in [9.17, 15) is 17.6 Å². The van der Waals surface area contributed by atoms with Gasteiger partial charge in [-0.05, 0) is 66.1 Å². The molecule has 9 heteroatoms. The molecule has 2 atom stereocenters. The van der Waals surface area contributed by atoms with Crippen LogP contribution in [0.2, 0.25) is 0 Å². The summed E-state index contributed by atoms with van der Waals surface area (Å²) in [4.78, 5) is 19.6. The lowest BCUT2D eigenvalue weighted by molar-refractivity contribution is -0.119. The first kappa shape index (κ1) is 30.1. The third-order valence-electron chi connectivity index (χ3n) is 7.55. The maximum Gasteiger partial charge on any atom is 0.244 e. The zero-order valence-corrected chi connectivity index (χ0v) is 23.4. The van der Waals surface area contributed by atoms with Gasteiger partial charge in [-0.15, -0.1) is 0 Å². The van der Waals surface area contributed by atoms with Crippen LogP contribution in [0.1, 0.15) is 68.1 Å². The molecule has 1 amide bonds. The van der Waals surface area contributed by atoms with E-state index in [1.807, 2.05) is 73.3 Å². The Labute approximate surface area is 242 Å². The first-order valence-corrected chi connectivity index (χ1v) is 14.9. The first-order valence-electron chi connectivity index (χ1n) is 13.4. The summed E-state index contributed by atoms with van der Waals surface area (Å²) in [5.74, 6) is -0.108. The summed E-state index contributed by atoms with van der Waals surface area (Å²) in [7, 11) is -2.21. The zero-order valence-electron chi connectivity index (χ0n) is 22.6. The molecule has 0 aliphatic heterocycles. The molecule has 216 valence electrons.